The summed E-state index contributed by atoms with van der Waals surface area (Å²) < 4.78 is 13.0. The summed E-state index contributed by atoms with van der Waals surface area (Å²) in [6.07, 6.45) is 1.25. The Labute approximate surface area is 107 Å². The first-order chi connectivity index (χ1) is 8.54. The first kappa shape index (κ1) is 12.8. The normalized spacial score (nSPS) is 16.3. The molecule has 18 heavy (non-hydrogen) atoms. The number of amides is 1. The second kappa shape index (κ2) is 5.34. The Morgan fingerprint density at radius 3 is 2.83 bits per heavy atom. The van der Waals surface area contributed by atoms with Gasteiger partial charge >= 0.3 is 0 Å². The van der Waals surface area contributed by atoms with Crippen LogP contribution in [0.1, 0.15) is 18.9 Å². The molecule has 1 heterocycles. The molecule has 0 aromatic heterocycles. The fourth-order valence-electron chi connectivity index (χ4n) is 2.24. The lowest BCUT2D eigenvalue weighted by Gasteiger charge is -2.34. The van der Waals surface area contributed by atoms with Crippen LogP contribution in [-0.2, 0) is 11.2 Å². The molecular weight excluding hydrogens is 229 g/mol. The van der Waals surface area contributed by atoms with Crippen molar-refractivity contribution in [1.29, 1.82) is 0 Å². The minimum absolute atomic E-state index is 0.173. The molecule has 1 saturated heterocycles. The fraction of sp³-hybridized carbons (Fsp3) is 0.400. The summed E-state index contributed by atoms with van der Waals surface area (Å²) >= 11 is 0. The zero-order chi connectivity index (χ0) is 13.1. The van der Waals surface area contributed by atoms with Crippen LogP contribution in [0.3, 0.4) is 0 Å². The van der Waals surface area contributed by atoms with Gasteiger partial charge in [-0.15, -0.1) is 0 Å². The second-order valence-corrected chi connectivity index (χ2v) is 5.14. The van der Waals surface area contributed by atoms with E-state index in [4.69, 9.17) is 0 Å². The molecule has 1 aromatic carbocycles. The Bertz CT molecular complexity index is 461. The summed E-state index contributed by atoms with van der Waals surface area (Å²) in [5, 5.41) is 0. The van der Waals surface area contributed by atoms with E-state index in [9.17, 15) is 9.18 Å². The van der Waals surface area contributed by atoms with Crippen LogP contribution < -0.4 is 0 Å². The van der Waals surface area contributed by atoms with Crippen molar-refractivity contribution in [2.24, 2.45) is 5.92 Å². The van der Waals surface area contributed by atoms with E-state index >= 15 is 0 Å². The average Bonchev–Trinajstić information content (AvgIpc) is 2.24. The number of hydrogen-bond donors (Lipinski definition) is 0. The molecule has 0 saturated carbocycles. The van der Waals surface area contributed by atoms with Crippen LogP contribution in [0.25, 0.3) is 0 Å². The van der Waals surface area contributed by atoms with Crippen molar-refractivity contribution in [2.45, 2.75) is 19.8 Å². The molecule has 0 spiro atoms. The van der Waals surface area contributed by atoms with Crippen molar-refractivity contribution in [3.8, 4) is 0 Å². The molecule has 96 valence electrons. The molecule has 0 N–H and O–H groups in total. The molecule has 1 unspecified atom stereocenters. The van der Waals surface area contributed by atoms with Crippen molar-refractivity contribution < 1.29 is 9.18 Å². The number of carbonyl (C=O) groups is 1. The summed E-state index contributed by atoms with van der Waals surface area (Å²) in [6.45, 7) is 7.24. The SMILES string of the molecule is C=C1CN(C(=O)CC(C)Cc2cccc(F)c2)C1. The van der Waals surface area contributed by atoms with Gasteiger partial charge in [-0.3, -0.25) is 4.79 Å². The lowest BCUT2D eigenvalue weighted by atomic mass is 9.96. The number of likely N-dealkylation sites (tertiary alicyclic amines) is 1. The van der Waals surface area contributed by atoms with Crippen molar-refractivity contribution >= 4 is 5.91 Å². The molecular formula is C15H18FNO. The molecule has 1 fully saturated rings. The first-order valence-corrected chi connectivity index (χ1v) is 6.23. The van der Waals surface area contributed by atoms with Gasteiger partial charge in [0.05, 0.1) is 0 Å². The third-order valence-electron chi connectivity index (χ3n) is 3.18. The quantitative estimate of drug-likeness (QED) is 0.749. The monoisotopic (exact) mass is 247 g/mol. The summed E-state index contributed by atoms with van der Waals surface area (Å²) in [4.78, 5) is 13.7. The number of rotatable bonds is 4. The van der Waals surface area contributed by atoms with Gasteiger partial charge in [0.25, 0.3) is 0 Å². The van der Waals surface area contributed by atoms with Gasteiger partial charge in [-0.1, -0.05) is 25.6 Å². The van der Waals surface area contributed by atoms with Crippen LogP contribution in [0.2, 0.25) is 0 Å². The average molecular weight is 247 g/mol. The number of nitrogens with zero attached hydrogens (tertiary/aromatic N) is 1. The Morgan fingerprint density at radius 1 is 1.50 bits per heavy atom. The molecule has 1 aliphatic rings. The van der Waals surface area contributed by atoms with E-state index < -0.39 is 0 Å². The van der Waals surface area contributed by atoms with Crippen LogP contribution in [0, 0.1) is 11.7 Å². The van der Waals surface area contributed by atoms with Gasteiger partial charge < -0.3 is 4.90 Å². The number of benzene rings is 1. The zero-order valence-electron chi connectivity index (χ0n) is 10.7. The third-order valence-corrected chi connectivity index (χ3v) is 3.18. The maximum Gasteiger partial charge on any atom is 0.223 e. The summed E-state index contributed by atoms with van der Waals surface area (Å²) in [5.74, 6) is 0.185. The minimum Gasteiger partial charge on any atom is -0.335 e. The Morgan fingerprint density at radius 2 is 2.22 bits per heavy atom. The smallest absolute Gasteiger partial charge is 0.223 e. The van der Waals surface area contributed by atoms with Gasteiger partial charge in [0, 0.05) is 19.5 Å². The summed E-state index contributed by atoms with van der Waals surface area (Å²) in [5.41, 5.74) is 2.06. The van der Waals surface area contributed by atoms with Crippen molar-refractivity contribution in [1.82, 2.24) is 4.90 Å². The van der Waals surface area contributed by atoms with E-state index in [0.717, 1.165) is 17.6 Å². The van der Waals surface area contributed by atoms with Crippen LogP contribution in [0.4, 0.5) is 4.39 Å². The lowest BCUT2D eigenvalue weighted by Crippen LogP contribution is -2.44. The largest absolute Gasteiger partial charge is 0.335 e. The molecule has 1 aliphatic heterocycles. The van der Waals surface area contributed by atoms with E-state index in [1.165, 1.54) is 12.1 Å². The molecule has 0 aliphatic carbocycles. The van der Waals surface area contributed by atoms with Gasteiger partial charge in [-0.25, -0.2) is 4.39 Å². The van der Waals surface area contributed by atoms with Crippen molar-refractivity contribution in [2.75, 3.05) is 13.1 Å². The van der Waals surface area contributed by atoms with Crippen LogP contribution in [0.15, 0.2) is 36.4 Å². The minimum atomic E-state index is -0.218. The van der Waals surface area contributed by atoms with E-state index in [2.05, 4.69) is 6.58 Å². The molecule has 0 bridgehead atoms. The highest BCUT2D eigenvalue weighted by atomic mass is 19.1. The third kappa shape index (κ3) is 3.19. The van der Waals surface area contributed by atoms with Gasteiger partial charge in [0.2, 0.25) is 5.91 Å². The van der Waals surface area contributed by atoms with E-state index in [1.807, 2.05) is 17.9 Å². The maximum absolute atomic E-state index is 13.0. The molecule has 2 nitrogen and oxygen atoms in total. The van der Waals surface area contributed by atoms with Crippen LogP contribution in [-0.4, -0.2) is 23.9 Å². The topological polar surface area (TPSA) is 20.3 Å². The van der Waals surface area contributed by atoms with Gasteiger partial charge in [0.1, 0.15) is 5.82 Å². The number of hydrogen-bond acceptors (Lipinski definition) is 1. The van der Waals surface area contributed by atoms with Crippen molar-refractivity contribution in [3.63, 3.8) is 0 Å². The van der Waals surface area contributed by atoms with Crippen LogP contribution >= 0.6 is 0 Å². The predicted octanol–water partition coefficient (Wildman–Crippen LogP) is 2.79. The van der Waals surface area contributed by atoms with Crippen LogP contribution in [0.5, 0.6) is 0 Å². The van der Waals surface area contributed by atoms with Gasteiger partial charge in [-0.05, 0) is 35.6 Å². The highest BCUT2D eigenvalue weighted by Crippen LogP contribution is 2.18. The second-order valence-electron chi connectivity index (χ2n) is 5.14. The summed E-state index contributed by atoms with van der Waals surface area (Å²) in [7, 11) is 0. The number of halogens is 1. The predicted molar refractivity (Wildman–Crippen MR) is 69.6 cm³/mol. The zero-order valence-corrected chi connectivity index (χ0v) is 10.7. The van der Waals surface area contributed by atoms with E-state index in [1.54, 1.807) is 6.07 Å². The first-order valence-electron chi connectivity index (χ1n) is 6.23. The number of carbonyl (C=O) groups excluding carboxylic acids is 1. The molecule has 1 amide bonds. The molecule has 0 radical (unpaired) electrons. The fourth-order valence-corrected chi connectivity index (χ4v) is 2.24. The van der Waals surface area contributed by atoms with E-state index in [-0.39, 0.29) is 17.6 Å². The van der Waals surface area contributed by atoms with Gasteiger partial charge in [-0.2, -0.15) is 0 Å². The Balaban J connectivity index is 1.83. The highest BCUT2D eigenvalue weighted by Gasteiger charge is 2.24. The molecule has 3 heteroatoms. The lowest BCUT2D eigenvalue weighted by molar-refractivity contribution is -0.133. The van der Waals surface area contributed by atoms with Gasteiger partial charge in [0.15, 0.2) is 0 Å². The maximum atomic E-state index is 13.0. The summed E-state index contributed by atoms with van der Waals surface area (Å²) in [6, 6.07) is 6.58. The standard InChI is InChI=1S/C15H18FNO/c1-11(6-13-4-3-5-14(16)8-13)7-15(18)17-9-12(2)10-17/h3-5,8,11H,2,6-7,9-10H2,1H3. The van der Waals surface area contributed by atoms with Crippen molar-refractivity contribution in [3.05, 3.63) is 47.8 Å². The van der Waals surface area contributed by atoms with E-state index in [0.29, 0.717) is 19.5 Å². The highest BCUT2D eigenvalue weighted by molar-refractivity contribution is 5.78. The molecule has 1 atom stereocenters. The molecule has 2 rings (SSSR count). The Kier molecular flexibility index (Phi) is 3.80. The Hall–Kier alpha value is -1.64. The molecule has 1 aromatic rings.